The molecular weight excluding hydrogens is 486 g/mol. The van der Waals surface area contributed by atoms with Gasteiger partial charge in [0, 0.05) is 17.4 Å². The van der Waals surface area contributed by atoms with Gasteiger partial charge in [0.05, 0.1) is 22.1 Å². The fourth-order valence-corrected chi connectivity index (χ4v) is 4.55. The van der Waals surface area contributed by atoms with Crippen molar-refractivity contribution in [1.82, 2.24) is 9.78 Å². The van der Waals surface area contributed by atoms with Crippen LogP contribution >= 0.6 is 27.3 Å². The third-order valence-corrected chi connectivity index (χ3v) is 6.55. The molecule has 7 heteroatoms. The lowest BCUT2D eigenvalue weighted by Gasteiger charge is -2.11. The summed E-state index contributed by atoms with van der Waals surface area (Å²) >= 11 is 4.83. The Balaban J connectivity index is 1.38. The minimum Gasteiger partial charge on any atom is -0.489 e. The summed E-state index contributed by atoms with van der Waals surface area (Å²) in [5.41, 5.74) is 6.34. The van der Waals surface area contributed by atoms with Crippen LogP contribution in [0.3, 0.4) is 0 Å². The maximum atomic E-state index is 12.8. The molecule has 32 heavy (non-hydrogen) atoms. The molecule has 5 nitrogen and oxygen atoms in total. The highest BCUT2D eigenvalue weighted by Crippen LogP contribution is 2.25. The fraction of sp³-hybridized carbons (Fsp3) is 0.200. The van der Waals surface area contributed by atoms with E-state index in [9.17, 15) is 4.79 Å². The Labute approximate surface area is 200 Å². The molecule has 0 aliphatic heterocycles. The Kier molecular flexibility index (Phi) is 6.77. The summed E-state index contributed by atoms with van der Waals surface area (Å²) in [6.07, 6.45) is 3.67. The number of nitrogens with one attached hydrogen (secondary N) is 1. The molecule has 1 amide bonds. The molecular formula is C25H24BrN3O2S. The molecule has 0 aliphatic rings. The van der Waals surface area contributed by atoms with Gasteiger partial charge in [-0.3, -0.25) is 9.48 Å². The van der Waals surface area contributed by atoms with E-state index in [0.29, 0.717) is 18.0 Å². The molecule has 4 rings (SSSR count). The first-order valence-electron chi connectivity index (χ1n) is 10.2. The van der Waals surface area contributed by atoms with Gasteiger partial charge in [-0.2, -0.15) is 5.10 Å². The Morgan fingerprint density at radius 1 is 1.16 bits per heavy atom. The smallest absolute Gasteiger partial charge is 0.265 e. The molecule has 1 N–H and O–H groups in total. The van der Waals surface area contributed by atoms with Crippen LogP contribution in [0.2, 0.25) is 0 Å². The van der Waals surface area contributed by atoms with Crippen LogP contribution in [0.4, 0.5) is 5.69 Å². The molecule has 0 radical (unpaired) electrons. The van der Waals surface area contributed by atoms with E-state index in [1.165, 1.54) is 22.5 Å². The minimum absolute atomic E-state index is 0.122. The predicted molar refractivity (Wildman–Crippen MR) is 133 cm³/mol. The summed E-state index contributed by atoms with van der Waals surface area (Å²) in [6.45, 7) is 7.28. The van der Waals surface area contributed by atoms with E-state index in [4.69, 9.17) is 4.74 Å². The standard InChI is InChI=1S/C25H24BrN3O2S/c1-16-7-17(2)18(3)23(8-16)31-14-20-10-24(32-15-20)25(30)28-22-6-4-5-19(9-22)12-29-13-21(26)11-27-29/h4-11,13,15H,12,14H2,1-3H3,(H,28,30). The van der Waals surface area contributed by atoms with E-state index < -0.39 is 0 Å². The molecule has 2 aromatic carbocycles. The van der Waals surface area contributed by atoms with Gasteiger partial charge < -0.3 is 10.1 Å². The lowest BCUT2D eigenvalue weighted by atomic mass is 10.1. The summed E-state index contributed by atoms with van der Waals surface area (Å²) in [6, 6.07) is 13.9. The lowest BCUT2D eigenvalue weighted by Crippen LogP contribution is -2.10. The van der Waals surface area contributed by atoms with Gasteiger partial charge in [-0.1, -0.05) is 18.2 Å². The normalized spacial score (nSPS) is 10.9. The second-order valence-electron chi connectivity index (χ2n) is 7.82. The number of rotatable bonds is 7. The average Bonchev–Trinajstić information content (AvgIpc) is 3.39. The third-order valence-electron chi connectivity index (χ3n) is 5.17. The van der Waals surface area contributed by atoms with Crippen molar-refractivity contribution in [3.63, 3.8) is 0 Å². The molecule has 2 aromatic heterocycles. The zero-order chi connectivity index (χ0) is 22.7. The fourth-order valence-electron chi connectivity index (χ4n) is 3.43. The Bertz CT molecular complexity index is 1260. The second-order valence-corrected chi connectivity index (χ2v) is 9.65. The van der Waals surface area contributed by atoms with Crippen LogP contribution < -0.4 is 10.1 Å². The van der Waals surface area contributed by atoms with Crippen molar-refractivity contribution >= 4 is 38.9 Å². The molecule has 0 saturated heterocycles. The monoisotopic (exact) mass is 509 g/mol. The first kappa shape index (κ1) is 22.3. The van der Waals surface area contributed by atoms with E-state index in [0.717, 1.165) is 32.6 Å². The van der Waals surface area contributed by atoms with Crippen molar-refractivity contribution in [1.29, 1.82) is 0 Å². The largest absolute Gasteiger partial charge is 0.489 e. The number of hydrogen-bond acceptors (Lipinski definition) is 4. The lowest BCUT2D eigenvalue weighted by molar-refractivity contribution is 0.103. The van der Waals surface area contributed by atoms with E-state index in [2.05, 4.69) is 59.2 Å². The van der Waals surface area contributed by atoms with Crippen molar-refractivity contribution < 1.29 is 9.53 Å². The predicted octanol–water partition coefficient (Wildman–Crippen LogP) is 6.51. The minimum atomic E-state index is -0.122. The number of benzene rings is 2. The molecule has 2 heterocycles. The van der Waals surface area contributed by atoms with E-state index in [1.807, 2.05) is 46.6 Å². The van der Waals surface area contributed by atoms with Crippen molar-refractivity contribution in [3.8, 4) is 5.75 Å². The third kappa shape index (κ3) is 5.47. The average molecular weight is 510 g/mol. The van der Waals surface area contributed by atoms with E-state index >= 15 is 0 Å². The molecule has 0 spiro atoms. The van der Waals surface area contributed by atoms with Crippen LogP contribution in [0.1, 0.15) is 37.5 Å². The van der Waals surface area contributed by atoms with Crippen LogP contribution in [0.5, 0.6) is 5.75 Å². The maximum Gasteiger partial charge on any atom is 0.265 e. The quantitative estimate of drug-likeness (QED) is 0.308. The number of halogens is 1. The molecule has 0 fully saturated rings. The number of amides is 1. The maximum absolute atomic E-state index is 12.8. The van der Waals surface area contributed by atoms with E-state index in [1.54, 1.807) is 6.20 Å². The molecule has 164 valence electrons. The summed E-state index contributed by atoms with van der Waals surface area (Å²) in [7, 11) is 0. The second kappa shape index (κ2) is 9.71. The number of nitrogens with zero attached hydrogens (tertiary/aromatic N) is 2. The van der Waals surface area contributed by atoms with Crippen molar-refractivity contribution in [2.45, 2.75) is 33.9 Å². The van der Waals surface area contributed by atoms with Crippen LogP contribution in [-0.2, 0) is 13.2 Å². The van der Waals surface area contributed by atoms with Crippen LogP contribution in [0.25, 0.3) is 0 Å². The highest BCUT2D eigenvalue weighted by Gasteiger charge is 2.11. The first-order chi connectivity index (χ1) is 15.4. The van der Waals surface area contributed by atoms with Gasteiger partial charge in [-0.25, -0.2) is 0 Å². The van der Waals surface area contributed by atoms with Crippen molar-refractivity contribution in [2.75, 3.05) is 5.32 Å². The molecule has 4 aromatic rings. The number of aromatic nitrogens is 2. The number of anilines is 1. The van der Waals surface area contributed by atoms with Gasteiger partial charge in [0.1, 0.15) is 12.4 Å². The summed E-state index contributed by atoms with van der Waals surface area (Å²) < 4.78 is 8.81. The van der Waals surface area contributed by atoms with E-state index in [-0.39, 0.29) is 5.91 Å². The van der Waals surface area contributed by atoms with Gasteiger partial charge in [0.15, 0.2) is 0 Å². The number of thiophene rings is 1. The van der Waals surface area contributed by atoms with Crippen LogP contribution in [0.15, 0.2) is 64.7 Å². The molecule has 0 atom stereocenters. The molecule has 0 saturated carbocycles. The van der Waals surface area contributed by atoms with Gasteiger partial charge in [-0.05, 0) is 88.6 Å². The van der Waals surface area contributed by atoms with Gasteiger partial charge >= 0.3 is 0 Å². The molecule has 0 aliphatic carbocycles. The topological polar surface area (TPSA) is 56.1 Å². The van der Waals surface area contributed by atoms with Crippen molar-refractivity contribution in [3.05, 3.63) is 97.4 Å². The van der Waals surface area contributed by atoms with Crippen molar-refractivity contribution in [2.24, 2.45) is 0 Å². The van der Waals surface area contributed by atoms with Gasteiger partial charge in [-0.15, -0.1) is 11.3 Å². The number of carbonyl (C=O) groups is 1. The summed E-state index contributed by atoms with van der Waals surface area (Å²) in [5.74, 6) is 0.767. The SMILES string of the molecule is Cc1cc(C)c(C)c(OCc2csc(C(=O)Nc3cccc(Cn4cc(Br)cn4)c3)c2)c1. The molecule has 0 bridgehead atoms. The Hall–Kier alpha value is -2.90. The van der Waals surface area contributed by atoms with Gasteiger partial charge in [0.25, 0.3) is 5.91 Å². The summed E-state index contributed by atoms with van der Waals surface area (Å²) in [5, 5.41) is 9.24. The first-order valence-corrected chi connectivity index (χ1v) is 11.9. The Morgan fingerprint density at radius 3 is 2.78 bits per heavy atom. The number of ether oxygens (including phenoxy) is 1. The van der Waals surface area contributed by atoms with Crippen LogP contribution in [-0.4, -0.2) is 15.7 Å². The number of aryl methyl sites for hydroxylation is 2. The zero-order valence-corrected chi connectivity index (χ0v) is 20.6. The van der Waals surface area contributed by atoms with Crippen LogP contribution in [0, 0.1) is 20.8 Å². The van der Waals surface area contributed by atoms with Gasteiger partial charge in [0.2, 0.25) is 0 Å². The molecule has 0 unspecified atom stereocenters. The highest BCUT2D eigenvalue weighted by molar-refractivity contribution is 9.10. The Morgan fingerprint density at radius 2 is 2.00 bits per heavy atom. The highest BCUT2D eigenvalue weighted by atomic mass is 79.9. The number of hydrogen-bond donors (Lipinski definition) is 1. The zero-order valence-electron chi connectivity index (χ0n) is 18.2. The summed E-state index contributed by atoms with van der Waals surface area (Å²) in [4.78, 5) is 13.4. The number of carbonyl (C=O) groups excluding carboxylic acids is 1.